The molecule has 0 spiro atoms. The summed E-state index contributed by atoms with van der Waals surface area (Å²) in [5.74, 6) is 0. The van der Waals surface area contributed by atoms with Crippen molar-refractivity contribution in [2.45, 2.75) is 32.1 Å². The first-order valence-electron chi connectivity index (χ1n) is 7.34. The number of urea groups is 1. The lowest BCUT2D eigenvalue weighted by Gasteiger charge is -2.35. The molecule has 1 aromatic rings. The van der Waals surface area contributed by atoms with Gasteiger partial charge in [-0.25, -0.2) is 4.79 Å². The highest BCUT2D eigenvalue weighted by Gasteiger charge is 2.26. The lowest BCUT2D eigenvalue weighted by Crippen LogP contribution is -2.52. The fraction of sp³-hybridized carbons (Fsp3) is 0.667. The van der Waals surface area contributed by atoms with Crippen LogP contribution in [0, 0.1) is 0 Å². The second-order valence-corrected chi connectivity index (χ2v) is 6.66. The lowest BCUT2D eigenvalue weighted by atomic mass is 10.1. The summed E-state index contributed by atoms with van der Waals surface area (Å²) >= 11 is 1.68. The van der Waals surface area contributed by atoms with E-state index in [0.29, 0.717) is 19.6 Å². The van der Waals surface area contributed by atoms with Crippen molar-refractivity contribution in [3.63, 3.8) is 0 Å². The van der Waals surface area contributed by atoms with Crippen LogP contribution in [0.25, 0.3) is 0 Å². The molecule has 1 N–H and O–H groups in total. The smallest absolute Gasteiger partial charge is 0.317 e. The highest BCUT2D eigenvalue weighted by molar-refractivity contribution is 7.07. The van der Waals surface area contributed by atoms with Crippen molar-refractivity contribution in [3.05, 3.63) is 22.4 Å². The number of carbonyl (C=O) groups excluding carboxylic acids is 1. The first kappa shape index (κ1) is 16.3. The molecule has 2 amide bonds. The van der Waals surface area contributed by atoms with Gasteiger partial charge < -0.3 is 19.9 Å². The average Bonchev–Trinajstić information content (AvgIpc) is 2.91. The van der Waals surface area contributed by atoms with Gasteiger partial charge in [0.15, 0.2) is 0 Å². The molecule has 1 saturated heterocycles. The number of hydrogen-bond donors (Lipinski definition) is 1. The van der Waals surface area contributed by atoms with Crippen LogP contribution in [0.1, 0.15) is 25.5 Å². The van der Waals surface area contributed by atoms with Crippen molar-refractivity contribution < 1.29 is 9.53 Å². The number of amides is 2. The van der Waals surface area contributed by atoms with Crippen molar-refractivity contribution in [2.24, 2.45) is 0 Å². The molecule has 1 fully saturated rings. The number of morpholine rings is 1. The van der Waals surface area contributed by atoms with Gasteiger partial charge in [0.1, 0.15) is 0 Å². The zero-order chi connectivity index (χ0) is 15.4. The van der Waals surface area contributed by atoms with Gasteiger partial charge >= 0.3 is 6.03 Å². The molecule has 3 atom stereocenters. The summed E-state index contributed by atoms with van der Waals surface area (Å²) in [6.45, 7) is 5.93. The van der Waals surface area contributed by atoms with Gasteiger partial charge in [0.05, 0.1) is 18.2 Å². The van der Waals surface area contributed by atoms with Crippen LogP contribution in [-0.2, 0) is 4.74 Å². The number of ether oxygens (including phenoxy) is 1. The van der Waals surface area contributed by atoms with Crippen LogP contribution in [0.15, 0.2) is 16.8 Å². The Morgan fingerprint density at radius 3 is 2.67 bits per heavy atom. The molecule has 5 nitrogen and oxygen atoms in total. The molecule has 1 aliphatic heterocycles. The number of rotatable bonds is 4. The fourth-order valence-corrected chi connectivity index (χ4v) is 3.41. The van der Waals surface area contributed by atoms with Gasteiger partial charge in [0.2, 0.25) is 0 Å². The summed E-state index contributed by atoms with van der Waals surface area (Å²) in [5, 5.41) is 7.26. The van der Waals surface area contributed by atoms with Gasteiger partial charge in [-0.15, -0.1) is 0 Å². The number of likely N-dealkylation sites (N-methyl/N-ethyl adjacent to an activating group) is 1. The summed E-state index contributed by atoms with van der Waals surface area (Å²) in [7, 11) is 4.07. The quantitative estimate of drug-likeness (QED) is 0.927. The van der Waals surface area contributed by atoms with Crippen LogP contribution in [0.3, 0.4) is 0 Å². The van der Waals surface area contributed by atoms with Crippen molar-refractivity contribution in [1.29, 1.82) is 0 Å². The summed E-state index contributed by atoms with van der Waals surface area (Å²) < 4.78 is 5.66. The first-order chi connectivity index (χ1) is 9.97. The monoisotopic (exact) mass is 311 g/mol. The van der Waals surface area contributed by atoms with Crippen LogP contribution >= 0.6 is 11.3 Å². The van der Waals surface area contributed by atoms with E-state index in [-0.39, 0.29) is 24.3 Å². The molecule has 118 valence electrons. The standard InChI is InChI=1S/C15H25N3O2S/c1-11-8-18(9-12(2)20-11)15(19)16-7-14(17(3)4)13-5-6-21-10-13/h5-6,10-12,14H,7-9H2,1-4H3,(H,16,19). The second-order valence-electron chi connectivity index (χ2n) is 5.88. The minimum atomic E-state index is -0.000852. The van der Waals surface area contributed by atoms with Crippen molar-refractivity contribution in [1.82, 2.24) is 15.1 Å². The Kier molecular flexibility index (Phi) is 5.61. The van der Waals surface area contributed by atoms with E-state index in [1.807, 2.05) is 32.8 Å². The van der Waals surface area contributed by atoms with Gasteiger partial charge in [0, 0.05) is 19.6 Å². The maximum absolute atomic E-state index is 12.3. The average molecular weight is 311 g/mol. The molecule has 2 rings (SSSR count). The molecule has 0 radical (unpaired) electrons. The Balaban J connectivity index is 1.90. The molecule has 3 unspecified atom stereocenters. The van der Waals surface area contributed by atoms with Gasteiger partial charge in [0.25, 0.3) is 0 Å². The zero-order valence-electron chi connectivity index (χ0n) is 13.2. The first-order valence-corrected chi connectivity index (χ1v) is 8.28. The van der Waals surface area contributed by atoms with E-state index in [1.54, 1.807) is 11.3 Å². The van der Waals surface area contributed by atoms with Crippen LogP contribution in [0.4, 0.5) is 4.79 Å². The number of carbonyl (C=O) groups is 1. The largest absolute Gasteiger partial charge is 0.372 e. The van der Waals surface area contributed by atoms with Crippen LogP contribution in [0.2, 0.25) is 0 Å². The predicted octanol–water partition coefficient (Wildman–Crippen LogP) is 2.17. The lowest BCUT2D eigenvalue weighted by molar-refractivity contribution is -0.0546. The minimum absolute atomic E-state index is 0.000852. The van der Waals surface area contributed by atoms with E-state index >= 15 is 0 Å². The fourth-order valence-electron chi connectivity index (χ4n) is 2.70. The Labute approximate surface area is 130 Å². The SMILES string of the molecule is CC1CN(C(=O)NCC(c2ccsc2)N(C)C)CC(C)O1. The van der Waals surface area contributed by atoms with Crippen molar-refractivity contribution >= 4 is 17.4 Å². The molecule has 0 aliphatic carbocycles. The highest BCUT2D eigenvalue weighted by atomic mass is 32.1. The Morgan fingerprint density at radius 2 is 2.14 bits per heavy atom. The van der Waals surface area contributed by atoms with Crippen LogP contribution in [0.5, 0.6) is 0 Å². The van der Waals surface area contributed by atoms with E-state index < -0.39 is 0 Å². The number of thiophene rings is 1. The molecule has 0 aromatic carbocycles. The van der Waals surface area contributed by atoms with Crippen molar-refractivity contribution in [2.75, 3.05) is 33.7 Å². The summed E-state index contributed by atoms with van der Waals surface area (Å²) in [6, 6.07) is 2.32. The van der Waals surface area contributed by atoms with Crippen molar-refractivity contribution in [3.8, 4) is 0 Å². The molecule has 1 aromatic heterocycles. The van der Waals surface area contributed by atoms with Crippen LogP contribution in [-0.4, -0.2) is 61.8 Å². The molecular weight excluding hydrogens is 286 g/mol. The molecule has 1 aliphatic rings. The molecular formula is C15H25N3O2S. The third kappa shape index (κ3) is 4.43. The minimum Gasteiger partial charge on any atom is -0.372 e. The molecule has 0 bridgehead atoms. The topological polar surface area (TPSA) is 44.8 Å². The zero-order valence-corrected chi connectivity index (χ0v) is 14.0. The Bertz CT molecular complexity index is 440. The molecule has 0 saturated carbocycles. The van der Waals surface area contributed by atoms with E-state index in [2.05, 4.69) is 27.0 Å². The summed E-state index contributed by atoms with van der Waals surface area (Å²) in [6.07, 6.45) is 0.196. The molecule has 6 heteroatoms. The van der Waals surface area contributed by atoms with E-state index in [4.69, 9.17) is 4.74 Å². The van der Waals surface area contributed by atoms with Gasteiger partial charge in [-0.05, 0) is 50.3 Å². The Hall–Kier alpha value is -1.11. The highest BCUT2D eigenvalue weighted by Crippen LogP contribution is 2.20. The maximum atomic E-state index is 12.3. The third-order valence-corrected chi connectivity index (χ3v) is 4.41. The molecule has 2 heterocycles. The van der Waals surface area contributed by atoms with Crippen LogP contribution < -0.4 is 5.32 Å². The third-order valence-electron chi connectivity index (χ3n) is 3.70. The van der Waals surface area contributed by atoms with E-state index in [9.17, 15) is 4.79 Å². The normalized spacial score (nSPS) is 24.1. The van der Waals surface area contributed by atoms with Gasteiger partial charge in [-0.2, -0.15) is 11.3 Å². The summed E-state index contributed by atoms with van der Waals surface area (Å²) in [5.41, 5.74) is 1.24. The summed E-state index contributed by atoms with van der Waals surface area (Å²) in [4.78, 5) is 16.3. The number of hydrogen-bond acceptors (Lipinski definition) is 4. The predicted molar refractivity (Wildman–Crippen MR) is 85.7 cm³/mol. The maximum Gasteiger partial charge on any atom is 0.317 e. The second kappa shape index (κ2) is 7.24. The van der Waals surface area contributed by atoms with E-state index in [1.165, 1.54) is 5.56 Å². The number of nitrogens with one attached hydrogen (secondary N) is 1. The van der Waals surface area contributed by atoms with Gasteiger partial charge in [-0.1, -0.05) is 0 Å². The molecule has 21 heavy (non-hydrogen) atoms. The van der Waals surface area contributed by atoms with E-state index in [0.717, 1.165) is 0 Å². The van der Waals surface area contributed by atoms with Gasteiger partial charge in [-0.3, -0.25) is 0 Å². The Morgan fingerprint density at radius 1 is 1.48 bits per heavy atom. The number of nitrogens with zero attached hydrogens (tertiary/aromatic N) is 2.